The molecular weight excluding hydrogens is 264 g/mol. The Kier molecular flexibility index (Phi) is 3.64. The molecule has 0 saturated heterocycles. The van der Waals surface area contributed by atoms with Crippen molar-refractivity contribution in [2.75, 3.05) is 17.7 Å². The summed E-state index contributed by atoms with van der Waals surface area (Å²) in [7, 11) is 0. The third-order valence-corrected chi connectivity index (χ3v) is 3.55. The van der Waals surface area contributed by atoms with E-state index in [1.807, 2.05) is 38.1 Å². The van der Waals surface area contributed by atoms with Crippen LogP contribution in [-0.4, -0.2) is 16.6 Å². The Bertz CT molecular complexity index is 653. The van der Waals surface area contributed by atoms with Gasteiger partial charge in [0, 0.05) is 23.2 Å². The molecule has 110 valence electrons. The topological polar surface area (TPSA) is 73.1 Å². The first-order valence-corrected chi connectivity index (χ1v) is 7.31. The highest BCUT2D eigenvalue weighted by atomic mass is 16.5. The number of aromatic nitrogens is 2. The molecule has 1 aromatic carbocycles. The van der Waals surface area contributed by atoms with E-state index in [0.717, 1.165) is 41.5 Å². The van der Waals surface area contributed by atoms with Crippen LogP contribution in [0.2, 0.25) is 0 Å². The average Bonchev–Trinajstić information content (AvgIpc) is 3.29. The number of nitrogen functional groups attached to an aromatic ring is 1. The van der Waals surface area contributed by atoms with Gasteiger partial charge in [0.15, 0.2) is 0 Å². The molecule has 0 unspecified atom stereocenters. The van der Waals surface area contributed by atoms with Crippen LogP contribution >= 0.6 is 0 Å². The molecule has 0 atom stereocenters. The van der Waals surface area contributed by atoms with Gasteiger partial charge in [0.2, 0.25) is 0 Å². The minimum Gasteiger partial charge on any atom is -0.494 e. The largest absolute Gasteiger partial charge is 0.494 e. The van der Waals surface area contributed by atoms with Crippen LogP contribution in [0.25, 0.3) is 0 Å². The van der Waals surface area contributed by atoms with Crippen LogP contribution in [-0.2, 0) is 0 Å². The minimum atomic E-state index is 0.475. The Morgan fingerprint density at radius 1 is 1.33 bits per heavy atom. The molecule has 0 radical (unpaired) electrons. The van der Waals surface area contributed by atoms with E-state index in [2.05, 4.69) is 15.3 Å². The summed E-state index contributed by atoms with van der Waals surface area (Å²) in [4.78, 5) is 9.01. The van der Waals surface area contributed by atoms with Crippen molar-refractivity contribution in [2.45, 2.75) is 32.6 Å². The van der Waals surface area contributed by atoms with E-state index in [1.54, 1.807) is 0 Å². The van der Waals surface area contributed by atoms with Crippen molar-refractivity contribution in [3.63, 3.8) is 0 Å². The molecule has 3 N–H and O–H groups in total. The standard InChI is InChI=1S/C16H20N4O/c1-3-21-13-6-4-5-12(9-13)18-15-10(2)14(17)19-16(20-15)11-7-8-11/h4-6,9,11H,3,7-8H2,1-2H3,(H3,17,18,19,20). The lowest BCUT2D eigenvalue weighted by Crippen LogP contribution is -2.06. The van der Waals surface area contributed by atoms with Crippen molar-refractivity contribution < 1.29 is 4.74 Å². The Morgan fingerprint density at radius 2 is 2.14 bits per heavy atom. The molecule has 1 aromatic heterocycles. The SMILES string of the molecule is CCOc1cccc(Nc2nc(C3CC3)nc(N)c2C)c1. The smallest absolute Gasteiger partial charge is 0.139 e. The molecule has 0 spiro atoms. The Hall–Kier alpha value is -2.30. The zero-order valence-corrected chi connectivity index (χ0v) is 12.4. The summed E-state index contributed by atoms with van der Waals surface area (Å²) in [5.74, 6) is 3.49. The lowest BCUT2D eigenvalue weighted by Gasteiger charge is -2.13. The molecule has 0 amide bonds. The maximum absolute atomic E-state index is 6.00. The first-order chi connectivity index (χ1) is 10.2. The van der Waals surface area contributed by atoms with Crippen molar-refractivity contribution in [3.8, 4) is 5.75 Å². The maximum atomic E-state index is 6.00. The van der Waals surface area contributed by atoms with E-state index in [-0.39, 0.29) is 0 Å². The Labute approximate surface area is 124 Å². The molecular formula is C16H20N4O. The van der Waals surface area contributed by atoms with E-state index in [4.69, 9.17) is 10.5 Å². The fourth-order valence-electron chi connectivity index (χ4n) is 2.16. The summed E-state index contributed by atoms with van der Waals surface area (Å²) < 4.78 is 5.51. The number of ether oxygens (including phenoxy) is 1. The Morgan fingerprint density at radius 3 is 2.86 bits per heavy atom. The van der Waals surface area contributed by atoms with Crippen molar-refractivity contribution in [1.82, 2.24) is 9.97 Å². The Balaban J connectivity index is 1.88. The van der Waals surface area contributed by atoms with Gasteiger partial charge in [0.05, 0.1) is 6.61 Å². The lowest BCUT2D eigenvalue weighted by atomic mass is 10.2. The fourth-order valence-corrected chi connectivity index (χ4v) is 2.16. The molecule has 1 aliphatic rings. The van der Waals surface area contributed by atoms with Crippen LogP contribution < -0.4 is 15.8 Å². The van der Waals surface area contributed by atoms with Crippen LogP contribution in [0.15, 0.2) is 24.3 Å². The highest BCUT2D eigenvalue weighted by molar-refractivity contribution is 5.64. The number of nitrogens with zero attached hydrogens (tertiary/aromatic N) is 2. The number of hydrogen-bond donors (Lipinski definition) is 2. The molecule has 0 bridgehead atoms. The van der Waals surface area contributed by atoms with Crippen LogP contribution in [0.3, 0.4) is 0 Å². The molecule has 5 nitrogen and oxygen atoms in total. The van der Waals surface area contributed by atoms with Crippen molar-refractivity contribution in [2.24, 2.45) is 0 Å². The van der Waals surface area contributed by atoms with Crippen molar-refractivity contribution in [1.29, 1.82) is 0 Å². The van der Waals surface area contributed by atoms with Gasteiger partial charge in [0.1, 0.15) is 23.2 Å². The number of nitrogens with two attached hydrogens (primary N) is 1. The number of nitrogens with one attached hydrogen (secondary N) is 1. The molecule has 3 rings (SSSR count). The molecule has 21 heavy (non-hydrogen) atoms. The molecule has 1 aliphatic carbocycles. The van der Waals surface area contributed by atoms with E-state index in [1.165, 1.54) is 0 Å². The highest BCUT2D eigenvalue weighted by Crippen LogP contribution is 2.39. The van der Waals surface area contributed by atoms with Gasteiger partial charge in [-0.15, -0.1) is 0 Å². The van der Waals surface area contributed by atoms with Gasteiger partial charge < -0.3 is 15.8 Å². The molecule has 2 aromatic rings. The van der Waals surface area contributed by atoms with E-state index in [9.17, 15) is 0 Å². The molecule has 1 heterocycles. The normalized spacial score (nSPS) is 14.0. The quantitative estimate of drug-likeness (QED) is 0.880. The number of anilines is 3. The monoisotopic (exact) mass is 284 g/mol. The zero-order chi connectivity index (χ0) is 14.8. The minimum absolute atomic E-state index is 0.475. The van der Waals surface area contributed by atoms with Crippen molar-refractivity contribution in [3.05, 3.63) is 35.7 Å². The van der Waals surface area contributed by atoms with Gasteiger partial charge in [-0.05, 0) is 38.8 Å². The van der Waals surface area contributed by atoms with Gasteiger partial charge in [-0.1, -0.05) is 6.07 Å². The van der Waals surface area contributed by atoms with Gasteiger partial charge in [0.25, 0.3) is 0 Å². The summed E-state index contributed by atoms with van der Waals surface area (Å²) in [6, 6.07) is 7.83. The summed E-state index contributed by atoms with van der Waals surface area (Å²) in [6.45, 7) is 4.55. The van der Waals surface area contributed by atoms with E-state index >= 15 is 0 Å². The molecule has 5 heteroatoms. The summed E-state index contributed by atoms with van der Waals surface area (Å²) in [5, 5.41) is 3.32. The average molecular weight is 284 g/mol. The summed E-state index contributed by atoms with van der Waals surface area (Å²) in [6.07, 6.45) is 2.31. The lowest BCUT2D eigenvalue weighted by molar-refractivity contribution is 0.340. The van der Waals surface area contributed by atoms with Gasteiger partial charge >= 0.3 is 0 Å². The second-order valence-electron chi connectivity index (χ2n) is 5.30. The molecule has 1 fully saturated rings. The van der Waals surface area contributed by atoms with Gasteiger partial charge in [-0.25, -0.2) is 9.97 Å². The third kappa shape index (κ3) is 3.07. The van der Waals surface area contributed by atoms with Crippen LogP contribution in [0.5, 0.6) is 5.75 Å². The zero-order valence-electron chi connectivity index (χ0n) is 12.4. The fraction of sp³-hybridized carbons (Fsp3) is 0.375. The van der Waals surface area contributed by atoms with Gasteiger partial charge in [-0.3, -0.25) is 0 Å². The van der Waals surface area contributed by atoms with Crippen molar-refractivity contribution >= 4 is 17.3 Å². The second kappa shape index (κ2) is 5.60. The molecule has 1 saturated carbocycles. The first-order valence-electron chi connectivity index (χ1n) is 7.31. The summed E-state index contributed by atoms with van der Waals surface area (Å²) in [5.41, 5.74) is 7.81. The first kappa shape index (κ1) is 13.7. The second-order valence-corrected chi connectivity index (χ2v) is 5.30. The highest BCUT2D eigenvalue weighted by Gasteiger charge is 2.27. The van der Waals surface area contributed by atoms with E-state index in [0.29, 0.717) is 18.3 Å². The number of hydrogen-bond acceptors (Lipinski definition) is 5. The number of benzene rings is 1. The van der Waals surface area contributed by atoms with Crippen LogP contribution in [0.1, 0.15) is 37.1 Å². The molecule has 0 aliphatic heterocycles. The van der Waals surface area contributed by atoms with E-state index < -0.39 is 0 Å². The predicted molar refractivity (Wildman–Crippen MR) is 84.1 cm³/mol. The van der Waals surface area contributed by atoms with Gasteiger partial charge in [-0.2, -0.15) is 0 Å². The third-order valence-electron chi connectivity index (χ3n) is 3.55. The van der Waals surface area contributed by atoms with Crippen LogP contribution in [0, 0.1) is 6.92 Å². The maximum Gasteiger partial charge on any atom is 0.139 e. The summed E-state index contributed by atoms with van der Waals surface area (Å²) >= 11 is 0. The predicted octanol–water partition coefficient (Wildman–Crippen LogP) is 3.39. The van der Waals surface area contributed by atoms with Crippen LogP contribution in [0.4, 0.5) is 17.3 Å². The number of rotatable bonds is 5.